The fourth-order valence-electron chi connectivity index (χ4n) is 4.77. The Balaban J connectivity index is 1.49. The number of carbonyl (C=O) groups is 1. The summed E-state index contributed by atoms with van der Waals surface area (Å²) in [7, 11) is 0. The van der Waals surface area contributed by atoms with Crippen LogP contribution < -0.4 is 9.47 Å². The zero-order valence-corrected chi connectivity index (χ0v) is 19.0. The molecular formula is C23H29F3N4O3. The number of likely N-dealkylation sites (tertiary alicyclic amines) is 1. The third-order valence-electron chi connectivity index (χ3n) is 6.45. The summed E-state index contributed by atoms with van der Waals surface area (Å²) in [5.74, 6) is 1.50. The molecule has 1 aromatic heterocycles. The van der Waals surface area contributed by atoms with Crippen LogP contribution in [0.5, 0.6) is 11.6 Å². The molecule has 0 spiro atoms. The van der Waals surface area contributed by atoms with Gasteiger partial charge in [0.2, 0.25) is 5.88 Å². The van der Waals surface area contributed by atoms with Crippen LogP contribution in [-0.4, -0.2) is 58.2 Å². The first-order valence-corrected chi connectivity index (χ1v) is 11.2. The molecule has 2 heterocycles. The summed E-state index contributed by atoms with van der Waals surface area (Å²) in [4.78, 5) is 17.1. The van der Waals surface area contributed by atoms with Gasteiger partial charge in [0, 0.05) is 38.8 Å². The summed E-state index contributed by atoms with van der Waals surface area (Å²) in [5.41, 5.74) is 1.27. The van der Waals surface area contributed by atoms with E-state index in [1.54, 1.807) is 21.7 Å². The fourth-order valence-corrected chi connectivity index (χ4v) is 4.77. The van der Waals surface area contributed by atoms with Crippen molar-refractivity contribution in [3.05, 3.63) is 41.6 Å². The van der Waals surface area contributed by atoms with Crippen LogP contribution >= 0.6 is 0 Å². The van der Waals surface area contributed by atoms with Gasteiger partial charge in [-0.15, -0.1) is 13.2 Å². The topological polar surface area (TPSA) is 59.8 Å². The average Bonchev–Trinajstić information content (AvgIpc) is 3.06. The molecular weight excluding hydrogens is 437 g/mol. The van der Waals surface area contributed by atoms with E-state index in [-0.39, 0.29) is 12.3 Å². The van der Waals surface area contributed by atoms with Crippen molar-refractivity contribution in [3.63, 3.8) is 0 Å². The molecule has 33 heavy (non-hydrogen) atoms. The Bertz CT molecular complexity index is 982. The Hall–Kier alpha value is -2.75. The predicted molar refractivity (Wildman–Crippen MR) is 115 cm³/mol. The number of hydrogen-bond acceptors (Lipinski definition) is 5. The summed E-state index contributed by atoms with van der Waals surface area (Å²) in [5, 5.41) is 4.30. The Labute approximate surface area is 191 Å². The number of carbonyl (C=O) groups excluding carboxylic acids is 1. The molecule has 180 valence electrons. The summed E-state index contributed by atoms with van der Waals surface area (Å²) in [6.07, 6.45) is -5.31. The van der Waals surface area contributed by atoms with E-state index in [4.69, 9.17) is 4.74 Å². The molecule has 1 aliphatic carbocycles. The summed E-state index contributed by atoms with van der Waals surface area (Å²) in [6, 6.07) is 7.41. The van der Waals surface area contributed by atoms with Crippen LogP contribution in [0.25, 0.3) is 0 Å². The number of halogens is 3. The zero-order chi connectivity index (χ0) is 23.8. The van der Waals surface area contributed by atoms with Crippen LogP contribution in [0.4, 0.5) is 18.0 Å². The summed E-state index contributed by atoms with van der Waals surface area (Å²) >= 11 is 0. The third-order valence-corrected chi connectivity index (χ3v) is 6.45. The summed E-state index contributed by atoms with van der Waals surface area (Å²) in [6.45, 7) is 10.1. The highest BCUT2D eigenvalue weighted by atomic mass is 19.4. The van der Waals surface area contributed by atoms with Crippen molar-refractivity contribution >= 4 is 6.09 Å². The van der Waals surface area contributed by atoms with Gasteiger partial charge in [-0.2, -0.15) is 5.10 Å². The SMILES string of the molecule is CCN1CC2C(C1)C2CN(Cc1cccc(OC(F)(F)F)c1)C(=O)Oc1cc(C)nn1CC. The lowest BCUT2D eigenvalue weighted by Gasteiger charge is -2.25. The fraction of sp³-hybridized carbons (Fsp3) is 0.565. The number of benzene rings is 1. The Morgan fingerprint density at radius 2 is 1.91 bits per heavy atom. The first-order chi connectivity index (χ1) is 15.7. The highest BCUT2D eigenvalue weighted by molar-refractivity contribution is 5.70. The number of aryl methyl sites for hydroxylation is 2. The highest BCUT2D eigenvalue weighted by Crippen LogP contribution is 2.52. The number of fused-ring (bicyclic) bond motifs is 1. The maximum absolute atomic E-state index is 13.2. The maximum atomic E-state index is 13.2. The Morgan fingerprint density at radius 1 is 1.18 bits per heavy atom. The van der Waals surface area contributed by atoms with Crippen molar-refractivity contribution in [2.75, 3.05) is 26.2 Å². The second-order valence-corrected chi connectivity index (χ2v) is 8.73. The van der Waals surface area contributed by atoms with Crippen molar-refractivity contribution in [2.24, 2.45) is 17.8 Å². The molecule has 1 aliphatic heterocycles. The number of hydrogen-bond donors (Lipinski definition) is 0. The monoisotopic (exact) mass is 466 g/mol. The van der Waals surface area contributed by atoms with E-state index in [9.17, 15) is 18.0 Å². The lowest BCUT2D eigenvalue weighted by molar-refractivity contribution is -0.274. The molecule has 1 saturated carbocycles. The standard InChI is InChI=1S/C23H29F3N4O3/c1-4-28-12-18-19(13-28)20(18)14-29(22(31)32-21-9-15(3)27-30(21)5-2)11-16-7-6-8-17(10-16)33-23(24,25)26/h6-10,18-20H,4-5,11-14H2,1-3H3. The molecule has 0 radical (unpaired) electrons. The minimum absolute atomic E-state index is 0.126. The molecule has 2 fully saturated rings. The molecule has 2 aromatic rings. The predicted octanol–water partition coefficient (Wildman–Crippen LogP) is 4.31. The number of aromatic nitrogens is 2. The van der Waals surface area contributed by atoms with Crippen LogP contribution in [0, 0.1) is 24.7 Å². The van der Waals surface area contributed by atoms with Gasteiger partial charge in [-0.05, 0) is 55.8 Å². The third kappa shape index (κ3) is 5.61. The summed E-state index contributed by atoms with van der Waals surface area (Å²) < 4.78 is 49.2. The molecule has 2 atom stereocenters. The van der Waals surface area contributed by atoms with E-state index in [1.165, 1.54) is 18.2 Å². The van der Waals surface area contributed by atoms with E-state index < -0.39 is 12.5 Å². The smallest absolute Gasteiger partial charge is 0.406 e. The number of amides is 1. The molecule has 2 unspecified atom stereocenters. The average molecular weight is 467 g/mol. The van der Waals surface area contributed by atoms with Gasteiger partial charge in [0.1, 0.15) is 5.75 Å². The van der Waals surface area contributed by atoms with Gasteiger partial charge in [-0.1, -0.05) is 19.1 Å². The number of alkyl halides is 3. The van der Waals surface area contributed by atoms with Crippen molar-refractivity contribution in [1.82, 2.24) is 19.6 Å². The van der Waals surface area contributed by atoms with Crippen LogP contribution in [0.3, 0.4) is 0 Å². The number of nitrogens with zero attached hydrogens (tertiary/aromatic N) is 4. The molecule has 7 nitrogen and oxygen atoms in total. The number of rotatable bonds is 8. The van der Waals surface area contributed by atoms with Gasteiger partial charge in [-0.25, -0.2) is 9.48 Å². The molecule has 0 N–H and O–H groups in total. The van der Waals surface area contributed by atoms with Crippen LogP contribution in [0.1, 0.15) is 25.1 Å². The van der Waals surface area contributed by atoms with Gasteiger partial charge in [-0.3, -0.25) is 0 Å². The Morgan fingerprint density at radius 3 is 2.55 bits per heavy atom. The first kappa shape index (κ1) is 23.4. The molecule has 1 saturated heterocycles. The normalized spacial score (nSPS) is 22.2. The van der Waals surface area contributed by atoms with Gasteiger partial charge < -0.3 is 19.3 Å². The van der Waals surface area contributed by atoms with Crippen molar-refractivity contribution < 1.29 is 27.4 Å². The second kappa shape index (κ2) is 9.24. The minimum Gasteiger partial charge on any atom is -0.406 e. The van der Waals surface area contributed by atoms with Crippen molar-refractivity contribution in [1.29, 1.82) is 0 Å². The van der Waals surface area contributed by atoms with Gasteiger partial charge in [0.15, 0.2) is 0 Å². The van der Waals surface area contributed by atoms with E-state index in [2.05, 4.69) is 21.7 Å². The van der Waals surface area contributed by atoms with Crippen molar-refractivity contribution in [2.45, 2.75) is 40.2 Å². The molecule has 1 aromatic carbocycles. The first-order valence-electron chi connectivity index (χ1n) is 11.2. The molecule has 4 rings (SSSR count). The van der Waals surface area contributed by atoms with Crippen molar-refractivity contribution in [3.8, 4) is 11.6 Å². The Kier molecular flexibility index (Phi) is 6.56. The van der Waals surface area contributed by atoms with Gasteiger partial charge in [0.25, 0.3) is 0 Å². The molecule has 10 heteroatoms. The number of ether oxygens (including phenoxy) is 2. The molecule has 0 bridgehead atoms. The van der Waals surface area contributed by atoms with Crippen LogP contribution in [0.2, 0.25) is 0 Å². The van der Waals surface area contributed by atoms with E-state index in [1.807, 2.05) is 13.8 Å². The van der Waals surface area contributed by atoms with Gasteiger partial charge in [0.05, 0.1) is 5.69 Å². The lowest BCUT2D eigenvalue weighted by Crippen LogP contribution is -2.37. The molecule has 2 aliphatic rings. The van der Waals surface area contributed by atoms with E-state index in [0.717, 1.165) is 25.3 Å². The van der Waals surface area contributed by atoms with Crippen LogP contribution in [-0.2, 0) is 13.1 Å². The van der Waals surface area contributed by atoms with Gasteiger partial charge >= 0.3 is 12.5 Å². The lowest BCUT2D eigenvalue weighted by atomic mass is 10.2. The second-order valence-electron chi connectivity index (χ2n) is 8.73. The number of piperidine rings is 1. The molecule has 1 amide bonds. The maximum Gasteiger partial charge on any atom is 0.573 e. The highest BCUT2D eigenvalue weighted by Gasteiger charge is 2.55. The van der Waals surface area contributed by atoms with E-state index in [0.29, 0.717) is 42.3 Å². The minimum atomic E-state index is -4.77. The zero-order valence-electron chi connectivity index (χ0n) is 19.0. The quantitative estimate of drug-likeness (QED) is 0.580. The largest absolute Gasteiger partial charge is 0.573 e. The van der Waals surface area contributed by atoms with E-state index >= 15 is 0 Å². The van der Waals surface area contributed by atoms with Crippen LogP contribution in [0.15, 0.2) is 30.3 Å².